The second-order valence-electron chi connectivity index (χ2n) is 5.35. The molecule has 0 spiro atoms. The van der Waals surface area contributed by atoms with E-state index >= 15 is 0 Å². The van der Waals surface area contributed by atoms with Crippen molar-refractivity contribution in [2.24, 2.45) is 5.92 Å². The third kappa shape index (κ3) is 3.81. The summed E-state index contributed by atoms with van der Waals surface area (Å²) >= 11 is 0. The predicted octanol–water partition coefficient (Wildman–Crippen LogP) is 0.941. The maximum Gasteiger partial charge on any atom is 0.236 e. The van der Waals surface area contributed by atoms with Gasteiger partial charge in [0.15, 0.2) is 0 Å². The van der Waals surface area contributed by atoms with Gasteiger partial charge in [0.1, 0.15) is 5.76 Å². The van der Waals surface area contributed by atoms with Crippen LogP contribution in [0.4, 0.5) is 0 Å². The minimum Gasteiger partial charge on any atom is -0.467 e. The lowest BCUT2D eigenvalue weighted by atomic mass is 10.0. The van der Waals surface area contributed by atoms with Crippen molar-refractivity contribution in [2.75, 3.05) is 26.7 Å². The molecule has 5 heteroatoms. The molecule has 19 heavy (non-hydrogen) atoms. The Hall–Kier alpha value is -1.33. The molecule has 1 amide bonds. The lowest BCUT2D eigenvalue weighted by molar-refractivity contribution is -0.131. The highest BCUT2D eigenvalue weighted by Gasteiger charge is 2.27. The average molecular weight is 266 g/mol. The van der Waals surface area contributed by atoms with E-state index in [1.54, 1.807) is 18.2 Å². The fourth-order valence-corrected chi connectivity index (χ4v) is 2.44. The maximum absolute atomic E-state index is 12.1. The number of amides is 1. The van der Waals surface area contributed by atoms with E-state index in [1.165, 1.54) is 0 Å². The maximum atomic E-state index is 12.1. The molecule has 0 aliphatic carbocycles. The van der Waals surface area contributed by atoms with Gasteiger partial charge in [-0.25, -0.2) is 0 Å². The van der Waals surface area contributed by atoms with Crippen molar-refractivity contribution in [3.05, 3.63) is 24.2 Å². The van der Waals surface area contributed by atoms with Gasteiger partial charge in [-0.3, -0.25) is 9.69 Å². The highest BCUT2D eigenvalue weighted by atomic mass is 16.3. The van der Waals surface area contributed by atoms with Crippen molar-refractivity contribution >= 4 is 5.91 Å². The Kier molecular flexibility index (Phi) is 4.61. The topological polar surface area (TPSA) is 56.9 Å². The van der Waals surface area contributed by atoms with Gasteiger partial charge in [0.2, 0.25) is 5.91 Å². The molecule has 1 N–H and O–H groups in total. The molecule has 0 radical (unpaired) electrons. The zero-order valence-electron chi connectivity index (χ0n) is 11.6. The van der Waals surface area contributed by atoms with E-state index in [0.717, 1.165) is 25.3 Å². The smallest absolute Gasteiger partial charge is 0.236 e. The summed E-state index contributed by atoms with van der Waals surface area (Å²) in [4.78, 5) is 15.9. The summed E-state index contributed by atoms with van der Waals surface area (Å²) < 4.78 is 5.23. The Balaban J connectivity index is 1.78. The Morgan fingerprint density at radius 3 is 3.05 bits per heavy atom. The number of rotatable bonds is 5. The molecule has 1 aromatic heterocycles. The third-order valence-electron chi connectivity index (χ3n) is 3.75. The van der Waals surface area contributed by atoms with Crippen molar-refractivity contribution in [3.8, 4) is 0 Å². The summed E-state index contributed by atoms with van der Waals surface area (Å²) in [6.07, 6.45) is 2.29. The summed E-state index contributed by atoms with van der Waals surface area (Å²) in [5.41, 5.74) is 0. The fraction of sp³-hybridized carbons (Fsp3) is 0.643. The molecular weight excluding hydrogens is 244 g/mol. The molecule has 106 valence electrons. The zero-order chi connectivity index (χ0) is 13.8. The number of likely N-dealkylation sites (tertiary alicyclic amines) is 1. The largest absolute Gasteiger partial charge is 0.467 e. The molecule has 1 aliphatic rings. The van der Waals surface area contributed by atoms with E-state index in [0.29, 0.717) is 19.0 Å². The van der Waals surface area contributed by atoms with Crippen LogP contribution in [-0.4, -0.2) is 53.6 Å². The molecule has 2 heterocycles. The molecule has 0 saturated carbocycles. The van der Waals surface area contributed by atoms with Crippen LogP contribution < -0.4 is 0 Å². The molecule has 5 nitrogen and oxygen atoms in total. The molecule has 2 unspecified atom stereocenters. The molecule has 2 atom stereocenters. The van der Waals surface area contributed by atoms with E-state index < -0.39 is 0 Å². The summed E-state index contributed by atoms with van der Waals surface area (Å²) in [6, 6.07) is 3.68. The van der Waals surface area contributed by atoms with Crippen LogP contribution in [-0.2, 0) is 11.3 Å². The lowest BCUT2D eigenvalue weighted by Gasteiger charge is -2.21. The second-order valence-corrected chi connectivity index (χ2v) is 5.35. The van der Waals surface area contributed by atoms with E-state index in [2.05, 4.69) is 4.90 Å². The van der Waals surface area contributed by atoms with Crippen molar-refractivity contribution in [2.45, 2.75) is 26.0 Å². The Morgan fingerprint density at radius 1 is 1.68 bits per heavy atom. The number of aliphatic hydroxyl groups excluding tert-OH is 1. The Bertz CT molecular complexity index is 403. The number of likely N-dealkylation sites (N-methyl/N-ethyl adjacent to an activating group) is 1. The van der Waals surface area contributed by atoms with E-state index in [9.17, 15) is 9.90 Å². The summed E-state index contributed by atoms with van der Waals surface area (Å²) in [5, 5.41) is 9.55. The van der Waals surface area contributed by atoms with Crippen molar-refractivity contribution in [1.29, 1.82) is 0 Å². The lowest BCUT2D eigenvalue weighted by Crippen LogP contribution is -2.37. The van der Waals surface area contributed by atoms with Gasteiger partial charge in [0.05, 0.1) is 25.5 Å². The van der Waals surface area contributed by atoms with Gasteiger partial charge in [0.25, 0.3) is 0 Å². The summed E-state index contributed by atoms with van der Waals surface area (Å²) in [7, 11) is 1.78. The number of aliphatic hydroxyl groups is 1. The van der Waals surface area contributed by atoms with Gasteiger partial charge in [-0.05, 0) is 37.9 Å². The second kappa shape index (κ2) is 6.21. The Labute approximate surface area is 113 Å². The number of carbonyl (C=O) groups excluding carboxylic acids is 1. The fourth-order valence-electron chi connectivity index (χ4n) is 2.44. The van der Waals surface area contributed by atoms with Crippen LogP contribution in [0.5, 0.6) is 0 Å². The monoisotopic (exact) mass is 266 g/mol. The van der Waals surface area contributed by atoms with Crippen LogP contribution >= 0.6 is 0 Å². The van der Waals surface area contributed by atoms with Crippen LogP contribution in [0.1, 0.15) is 19.1 Å². The zero-order valence-corrected chi connectivity index (χ0v) is 11.6. The number of carbonyl (C=O) groups is 1. The molecule has 2 rings (SSSR count). The number of nitrogens with zero attached hydrogens (tertiary/aromatic N) is 2. The molecule has 0 aromatic carbocycles. The molecular formula is C14H22N2O3. The number of hydrogen-bond acceptors (Lipinski definition) is 4. The normalized spacial score (nSPS) is 21.5. The van der Waals surface area contributed by atoms with E-state index in [-0.39, 0.29) is 12.0 Å². The van der Waals surface area contributed by atoms with Crippen LogP contribution in [0.25, 0.3) is 0 Å². The van der Waals surface area contributed by atoms with Gasteiger partial charge in [-0.15, -0.1) is 0 Å². The van der Waals surface area contributed by atoms with Crippen LogP contribution in [0.15, 0.2) is 22.8 Å². The van der Waals surface area contributed by atoms with E-state index in [4.69, 9.17) is 4.42 Å². The average Bonchev–Trinajstić information content (AvgIpc) is 2.99. The van der Waals surface area contributed by atoms with Crippen LogP contribution in [0.3, 0.4) is 0 Å². The van der Waals surface area contributed by atoms with Crippen LogP contribution in [0.2, 0.25) is 0 Å². The minimum atomic E-state index is -0.291. The molecule has 1 saturated heterocycles. The molecule has 1 aliphatic heterocycles. The minimum absolute atomic E-state index is 0.0858. The van der Waals surface area contributed by atoms with Gasteiger partial charge >= 0.3 is 0 Å². The first-order valence-corrected chi connectivity index (χ1v) is 6.73. The first-order valence-electron chi connectivity index (χ1n) is 6.73. The third-order valence-corrected chi connectivity index (χ3v) is 3.75. The van der Waals surface area contributed by atoms with Crippen molar-refractivity contribution < 1.29 is 14.3 Å². The number of furan rings is 1. The summed E-state index contributed by atoms with van der Waals surface area (Å²) in [6.45, 7) is 4.42. The SMILES string of the molecule is CC(O)C1CCN(CC(=O)N(C)Cc2ccco2)C1. The first kappa shape index (κ1) is 14.1. The van der Waals surface area contributed by atoms with E-state index in [1.807, 2.05) is 19.1 Å². The summed E-state index contributed by atoms with van der Waals surface area (Å²) in [5.74, 6) is 1.17. The van der Waals surface area contributed by atoms with Crippen molar-refractivity contribution in [1.82, 2.24) is 9.80 Å². The molecule has 0 bridgehead atoms. The van der Waals surface area contributed by atoms with Crippen molar-refractivity contribution in [3.63, 3.8) is 0 Å². The van der Waals surface area contributed by atoms with Gasteiger partial charge < -0.3 is 14.4 Å². The molecule has 1 aromatic rings. The highest BCUT2D eigenvalue weighted by molar-refractivity contribution is 5.77. The predicted molar refractivity (Wildman–Crippen MR) is 71.4 cm³/mol. The first-order chi connectivity index (χ1) is 9.06. The highest BCUT2D eigenvalue weighted by Crippen LogP contribution is 2.19. The Morgan fingerprint density at radius 2 is 2.47 bits per heavy atom. The standard InChI is InChI=1S/C14H22N2O3/c1-11(17)12-5-6-16(8-12)10-14(18)15(2)9-13-4-3-7-19-13/h3-4,7,11-12,17H,5-6,8-10H2,1-2H3. The molecule has 1 fully saturated rings. The van der Waals surface area contributed by atoms with Crippen LogP contribution in [0, 0.1) is 5.92 Å². The van der Waals surface area contributed by atoms with Gasteiger partial charge in [-0.1, -0.05) is 0 Å². The quantitative estimate of drug-likeness (QED) is 0.862. The van der Waals surface area contributed by atoms with Gasteiger partial charge in [0, 0.05) is 13.6 Å². The number of hydrogen-bond donors (Lipinski definition) is 1. The van der Waals surface area contributed by atoms with Gasteiger partial charge in [-0.2, -0.15) is 0 Å².